The third kappa shape index (κ3) is 2.05. The molecule has 86 valence electrons. The predicted molar refractivity (Wildman–Crippen MR) is 53.8 cm³/mol. The number of halogens is 2. The van der Waals surface area contributed by atoms with E-state index in [-0.39, 0.29) is 17.8 Å². The van der Waals surface area contributed by atoms with Crippen LogP contribution in [0.4, 0.5) is 8.78 Å². The molecule has 1 aliphatic rings. The van der Waals surface area contributed by atoms with Crippen molar-refractivity contribution in [2.45, 2.75) is 19.3 Å². The van der Waals surface area contributed by atoms with E-state index in [0.717, 1.165) is 12.1 Å². The molecule has 0 amide bonds. The van der Waals surface area contributed by atoms with Crippen LogP contribution in [0.2, 0.25) is 0 Å². The minimum atomic E-state index is -0.869. The SMILES string of the molecule is CCOC(=O)[C@@H]1C[C@H]1c1ccc(F)c(F)c1. The summed E-state index contributed by atoms with van der Waals surface area (Å²) in [6, 6.07) is 3.76. The second-order valence-corrected chi connectivity index (χ2v) is 3.87. The summed E-state index contributed by atoms with van der Waals surface area (Å²) in [7, 11) is 0. The van der Waals surface area contributed by atoms with Gasteiger partial charge in [-0.2, -0.15) is 0 Å². The number of esters is 1. The van der Waals surface area contributed by atoms with Crippen molar-refractivity contribution in [2.24, 2.45) is 5.92 Å². The Bertz CT molecular complexity index is 417. The van der Waals surface area contributed by atoms with Crippen molar-refractivity contribution in [2.75, 3.05) is 6.61 Å². The highest BCUT2D eigenvalue weighted by Gasteiger charge is 2.45. The fourth-order valence-electron chi connectivity index (χ4n) is 1.82. The summed E-state index contributed by atoms with van der Waals surface area (Å²) in [6.07, 6.45) is 0.657. The Hall–Kier alpha value is -1.45. The van der Waals surface area contributed by atoms with Gasteiger partial charge < -0.3 is 4.74 Å². The third-order valence-electron chi connectivity index (χ3n) is 2.75. The van der Waals surface area contributed by atoms with Gasteiger partial charge in [0.1, 0.15) is 0 Å². The zero-order valence-electron chi connectivity index (χ0n) is 8.87. The summed E-state index contributed by atoms with van der Waals surface area (Å²) in [4.78, 5) is 11.4. The molecule has 0 radical (unpaired) electrons. The van der Waals surface area contributed by atoms with Crippen LogP contribution >= 0.6 is 0 Å². The van der Waals surface area contributed by atoms with E-state index in [0.29, 0.717) is 18.6 Å². The van der Waals surface area contributed by atoms with Gasteiger partial charge >= 0.3 is 5.97 Å². The van der Waals surface area contributed by atoms with Gasteiger partial charge in [-0.25, -0.2) is 8.78 Å². The van der Waals surface area contributed by atoms with Gasteiger partial charge in [-0.15, -0.1) is 0 Å². The molecule has 1 aromatic carbocycles. The van der Waals surface area contributed by atoms with Crippen LogP contribution in [-0.4, -0.2) is 12.6 Å². The summed E-state index contributed by atoms with van der Waals surface area (Å²) < 4.78 is 30.5. The van der Waals surface area contributed by atoms with Crippen LogP contribution in [0.25, 0.3) is 0 Å². The van der Waals surface area contributed by atoms with Gasteiger partial charge in [0.15, 0.2) is 11.6 Å². The topological polar surface area (TPSA) is 26.3 Å². The molecule has 0 unspecified atom stereocenters. The number of carbonyl (C=O) groups excluding carboxylic acids is 1. The quantitative estimate of drug-likeness (QED) is 0.740. The molecule has 1 fully saturated rings. The highest BCUT2D eigenvalue weighted by Crippen LogP contribution is 2.48. The second-order valence-electron chi connectivity index (χ2n) is 3.87. The van der Waals surface area contributed by atoms with Crippen molar-refractivity contribution in [3.63, 3.8) is 0 Å². The summed E-state index contributed by atoms with van der Waals surface area (Å²) in [6.45, 7) is 2.09. The van der Waals surface area contributed by atoms with Gasteiger partial charge in [-0.1, -0.05) is 6.07 Å². The van der Waals surface area contributed by atoms with Crippen LogP contribution in [0.3, 0.4) is 0 Å². The molecule has 0 aromatic heterocycles. The lowest BCUT2D eigenvalue weighted by molar-refractivity contribution is -0.144. The lowest BCUT2D eigenvalue weighted by Gasteiger charge is -2.02. The highest BCUT2D eigenvalue weighted by molar-refractivity contribution is 5.77. The van der Waals surface area contributed by atoms with Crippen LogP contribution < -0.4 is 0 Å². The first-order chi connectivity index (χ1) is 7.63. The fourth-order valence-corrected chi connectivity index (χ4v) is 1.82. The van der Waals surface area contributed by atoms with Gasteiger partial charge in [0.05, 0.1) is 12.5 Å². The predicted octanol–water partition coefficient (Wildman–Crippen LogP) is 2.63. The van der Waals surface area contributed by atoms with Crippen LogP contribution in [-0.2, 0) is 9.53 Å². The van der Waals surface area contributed by atoms with Gasteiger partial charge in [0.2, 0.25) is 0 Å². The normalized spacial score (nSPS) is 22.9. The molecule has 16 heavy (non-hydrogen) atoms. The Labute approximate surface area is 92.2 Å². The van der Waals surface area contributed by atoms with E-state index in [2.05, 4.69) is 0 Å². The van der Waals surface area contributed by atoms with Gasteiger partial charge in [-0.05, 0) is 37.0 Å². The first kappa shape index (κ1) is 11.0. The van der Waals surface area contributed by atoms with Crippen LogP contribution in [0.15, 0.2) is 18.2 Å². The van der Waals surface area contributed by atoms with E-state index in [4.69, 9.17) is 4.74 Å². The average Bonchev–Trinajstić information content (AvgIpc) is 3.02. The van der Waals surface area contributed by atoms with Gasteiger partial charge in [0.25, 0.3) is 0 Å². The van der Waals surface area contributed by atoms with E-state index in [1.165, 1.54) is 6.07 Å². The molecule has 2 rings (SSSR count). The molecule has 2 atom stereocenters. The van der Waals surface area contributed by atoms with Crippen LogP contribution in [0.5, 0.6) is 0 Å². The summed E-state index contributed by atoms with van der Waals surface area (Å²) in [5.74, 6) is -2.19. The van der Waals surface area contributed by atoms with Gasteiger partial charge in [0, 0.05) is 0 Å². The van der Waals surface area contributed by atoms with Gasteiger partial charge in [-0.3, -0.25) is 4.79 Å². The van der Waals surface area contributed by atoms with Crippen LogP contribution in [0, 0.1) is 17.6 Å². The monoisotopic (exact) mass is 226 g/mol. The Kier molecular flexibility index (Phi) is 2.90. The molecule has 4 heteroatoms. The maximum atomic E-state index is 13.0. The molecule has 0 saturated heterocycles. The van der Waals surface area contributed by atoms with E-state index < -0.39 is 11.6 Å². The van der Waals surface area contributed by atoms with Crippen molar-refractivity contribution in [3.8, 4) is 0 Å². The highest BCUT2D eigenvalue weighted by atomic mass is 19.2. The summed E-state index contributed by atoms with van der Waals surface area (Å²) in [5.41, 5.74) is 0.664. The number of rotatable bonds is 3. The van der Waals surface area contributed by atoms with Crippen LogP contribution in [0.1, 0.15) is 24.8 Å². The molecule has 2 nitrogen and oxygen atoms in total. The first-order valence-corrected chi connectivity index (χ1v) is 5.25. The zero-order valence-corrected chi connectivity index (χ0v) is 8.87. The molecule has 0 spiro atoms. The molecule has 0 aliphatic heterocycles. The maximum Gasteiger partial charge on any atom is 0.309 e. The molecular weight excluding hydrogens is 214 g/mol. The Morgan fingerprint density at radius 1 is 1.44 bits per heavy atom. The van der Waals surface area contributed by atoms with Crippen molar-refractivity contribution in [3.05, 3.63) is 35.4 Å². The maximum absolute atomic E-state index is 13.0. The minimum Gasteiger partial charge on any atom is -0.466 e. The summed E-state index contributed by atoms with van der Waals surface area (Å²) in [5, 5.41) is 0. The minimum absolute atomic E-state index is 0.0193. The van der Waals surface area contributed by atoms with E-state index >= 15 is 0 Å². The first-order valence-electron chi connectivity index (χ1n) is 5.25. The Morgan fingerprint density at radius 3 is 2.81 bits per heavy atom. The Balaban J connectivity index is 2.06. The number of benzene rings is 1. The average molecular weight is 226 g/mol. The molecular formula is C12H12F2O2. The molecule has 0 bridgehead atoms. The molecule has 1 aliphatic carbocycles. The number of hydrogen-bond acceptors (Lipinski definition) is 2. The third-order valence-corrected chi connectivity index (χ3v) is 2.75. The van der Waals surface area contributed by atoms with E-state index in [1.807, 2.05) is 0 Å². The largest absolute Gasteiger partial charge is 0.466 e. The standard InChI is InChI=1S/C12H12F2O2/c1-2-16-12(15)9-6-8(9)7-3-4-10(13)11(14)5-7/h3-5,8-9H,2,6H2,1H3/t8-,9+/m0/s1. The molecule has 0 N–H and O–H groups in total. The van der Waals surface area contributed by atoms with Crippen molar-refractivity contribution >= 4 is 5.97 Å². The number of hydrogen-bond donors (Lipinski definition) is 0. The zero-order chi connectivity index (χ0) is 11.7. The molecule has 0 heterocycles. The summed E-state index contributed by atoms with van der Waals surface area (Å²) >= 11 is 0. The van der Waals surface area contributed by atoms with E-state index in [1.54, 1.807) is 6.92 Å². The second kappa shape index (κ2) is 4.20. The van der Waals surface area contributed by atoms with Crippen molar-refractivity contribution in [1.29, 1.82) is 0 Å². The van der Waals surface area contributed by atoms with E-state index in [9.17, 15) is 13.6 Å². The smallest absolute Gasteiger partial charge is 0.309 e. The van der Waals surface area contributed by atoms with Crippen molar-refractivity contribution in [1.82, 2.24) is 0 Å². The molecule has 1 saturated carbocycles. The lowest BCUT2D eigenvalue weighted by atomic mass is 10.1. The number of carbonyl (C=O) groups is 1. The number of ether oxygens (including phenoxy) is 1. The van der Waals surface area contributed by atoms with Crippen molar-refractivity contribution < 1.29 is 18.3 Å². The lowest BCUT2D eigenvalue weighted by Crippen LogP contribution is -2.07. The Morgan fingerprint density at radius 2 is 2.19 bits per heavy atom. The molecule has 1 aromatic rings. The fraction of sp³-hybridized carbons (Fsp3) is 0.417.